The maximum absolute atomic E-state index is 11.4. The van der Waals surface area contributed by atoms with Crippen LogP contribution in [0.5, 0.6) is 0 Å². The number of nitrogens with one attached hydrogen (secondary N) is 2. The Morgan fingerprint density at radius 1 is 1.50 bits per heavy atom. The van der Waals surface area contributed by atoms with Crippen LogP contribution in [0.15, 0.2) is 0 Å². The normalized spacial score (nSPS) is 22.6. The number of rotatable bonds is 3. The van der Waals surface area contributed by atoms with Crippen molar-refractivity contribution in [1.82, 2.24) is 10.0 Å². The van der Waals surface area contributed by atoms with Gasteiger partial charge >= 0.3 is 0 Å². The second-order valence-electron chi connectivity index (χ2n) is 3.71. The minimum absolute atomic E-state index is 0.344. The molecule has 1 atom stereocenters. The average molecular weight is 220 g/mol. The summed E-state index contributed by atoms with van der Waals surface area (Å²) >= 11 is 0. The highest BCUT2D eigenvalue weighted by Crippen LogP contribution is 2.06. The van der Waals surface area contributed by atoms with E-state index in [0.717, 1.165) is 13.0 Å². The van der Waals surface area contributed by atoms with Crippen LogP contribution in [0.4, 0.5) is 0 Å². The average Bonchev–Trinajstić information content (AvgIpc) is 2.54. The lowest BCUT2D eigenvalue weighted by atomic mass is 10.2. The fourth-order valence-corrected chi connectivity index (χ4v) is 1.90. The quantitative estimate of drug-likeness (QED) is 0.678. The van der Waals surface area contributed by atoms with Gasteiger partial charge in [-0.25, -0.2) is 8.42 Å². The van der Waals surface area contributed by atoms with E-state index >= 15 is 0 Å². The Morgan fingerprint density at radius 2 is 2.14 bits per heavy atom. The first-order valence-corrected chi connectivity index (χ1v) is 6.27. The highest BCUT2D eigenvalue weighted by molar-refractivity contribution is 7.90. The fraction of sp³-hybridized carbons (Fsp3) is 0.875. The molecule has 0 aromatic heterocycles. The van der Waals surface area contributed by atoms with Gasteiger partial charge in [-0.1, -0.05) is 0 Å². The third kappa shape index (κ3) is 2.68. The van der Waals surface area contributed by atoms with Gasteiger partial charge in [-0.05, 0) is 33.2 Å². The lowest BCUT2D eigenvalue weighted by molar-refractivity contribution is -0.121. The van der Waals surface area contributed by atoms with Crippen LogP contribution >= 0.6 is 0 Å². The maximum atomic E-state index is 11.4. The Balaban J connectivity index is 2.56. The van der Waals surface area contributed by atoms with Gasteiger partial charge in [0.05, 0.1) is 11.3 Å². The van der Waals surface area contributed by atoms with Crippen LogP contribution in [0, 0.1) is 0 Å². The largest absolute Gasteiger partial charge is 0.306 e. The molecular weight excluding hydrogens is 204 g/mol. The summed E-state index contributed by atoms with van der Waals surface area (Å²) in [5.74, 6) is -0.434. The lowest BCUT2D eigenvalue weighted by Crippen LogP contribution is -2.45. The molecule has 0 aliphatic carbocycles. The van der Waals surface area contributed by atoms with Crippen LogP contribution in [-0.2, 0) is 14.8 Å². The first-order valence-electron chi connectivity index (χ1n) is 4.72. The van der Waals surface area contributed by atoms with E-state index in [4.69, 9.17) is 0 Å². The summed E-state index contributed by atoms with van der Waals surface area (Å²) < 4.78 is 24.7. The van der Waals surface area contributed by atoms with Crippen LogP contribution in [0.25, 0.3) is 0 Å². The number of sulfonamides is 1. The maximum Gasteiger partial charge on any atom is 0.250 e. The van der Waals surface area contributed by atoms with Crippen LogP contribution in [0.1, 0.15) is 26.7 Å². The topological polar surface area (TPSA) is 75.3 Å². The molecule has 6 heteroatoms. The first-order chi connectivity index (χ1) is 6.43. The Bertz CT molecular complexity index is 305. The van der Waals surface area contributed by atoms with Gasteiger partial charge in [0.25, 0.3) is 5.91 Å². The number of amides is 1. The monoisotopic (exact) mass is 220 g/mol. The Hall–Kier alpha value is -0.620. The molecule has 1 heterocycles. The van der Waals surface area contributed by atoms with Gasteiger partial charge in [-0.15, -0.1) is 0 Å². The van der Waals surface area contributed by atoms with E-state index in [1.165, 1.54) is 13.8 Å². The van der Waals surface area contributed by atoms with E-state index in [1.54, 1.807) is 0 Å². The van der Waals surface area contributed by atoms with Gasteiger partial charge in [0.2, 0.25) is 10.0 Å². The highest BCUT2D eigenvalue weighted by Gasteiger charge is 2.26. The van der Waals surface area contributed by atoms with Crippen LogP contribution in [0.3, 0.4) is 0 Å². The predicted octanol–water partition coefficient (Wildman–Crippen LogP) is -0.407. The molecule has 0 saturated carbocycles. The second kappa shape index (κ2) is 4.27. The minimum atomic E-state index is -3.47. The number of hydrogen-bond donors (Lipinski definition) is 2. The number of hydrogen-bond acceptors (Lipinski definition) is 4. The summed E-state index contributed by atoms with van der Waals surface area (Å²) in [6.45, 7) is 3.86. The van der Waals surface area contributed by atoms with Gasteiger partial charge in [-0.3, -0.25) is 9.52 Å². The van der Waals surface area contributed by atoms with Crippen molar-refractivity contribution in [3.63, 3.8) is 0 Å². The van der Waals surface area contributed by atoms with Gasteiger partial charge in [0, 0.05) is 0 Å². The van der Waals surface area contributed by atoms with Crippen molar-refractivity contribution >= 4 is 15.9 Å². The molecule has 82 valence electrons. The van der Waals surface area contributed by atoms with Crippen molar-refractivity contribution in [3.8, 4) is 0 Å². The zero-order valence-electron chi connectivity index (χ0n) is 8.41. The molecule has 1 aliphatic rings. The molecule has 1 rings (SSSR count). The molecule has 1 saturated heterocycles. The molecule has 0 bridgehead atoms. The molecule has 1 amide bonds. The number of carbonyl (C=O) groups excluding carboxylic acids is 1. The van der Waals surface area contributed by atoms with Crippen LogP contribution in [-0.4, -0.2) is 32.2 Å². The van der Waals surface area contributed by atoms with Crippen molar-refractivity contribution in [3.05, 3.63) is 0 Å². The summed E-state index contributed by atoms with van der Waals surface area (Å²) in [7, 11) is -3.47. The SMILES string of the molecule is CC(C)S(=O)(=O)NC(=O)[C@@H]1CCCN1. The highest BCUT2D eigenvalue weighted by atomic mass is 32.2. The molecule has 1 aliphatic heterocycles. The van der Waals surface area contributed by atoms with E-state index < -0.39 is 21.2 Å². The van der Waals surface area contributed by atoms with Crippen molar-refractivity contribution in [1.29, 1.82) is 0 Å². The zero-order valence-corrected chi connectivity index (χ0v) is 9.23. The molecule has 2 N–H and O–H groups in total. The Kier molecular flexibility index (Phi) is 3.49. The van der Waals surface area contributed by atoms with E-state index in [1.807, 2.05) is 0 Å². The molecule has 0 radical (unpaired) electrons. The summed E-state index contributed by atoms with van der Waals surface area (Å²) in [6.07, 6.45) is 1.62. The third-order valence-corrected chi connectivity index (χ3v) is 3.97. The molecule has 1 fully saturated rings. The van der Waals surface area contributed by atoms with Gasteiger partial charge in [-0.2, -0.15) is 0 Å². The molecule has 0 aromatic rings. The standard InChI is InChI=1S/C8H16N2O3S/c1-6(2)14(12,13)10-8(11)7-4-3-5-9-7/h6-7,9H,3-5H2,1-2H3,(H,10,11)/t7-/m0/s1. The Labute approximate surface area is 84.3 Å². The van der Waals surface area contributed by atoms with Gasteiger partial charge in [0.1, 0.15) is 0 Å². The van der Waals surface area contributed by atoms with E-state index in [-0.39, 0.29) is 6.04 Å². The molecule has 14 heavy (non-hydrogen) atoms. The van der Waals surface area contributed by atoms with Crippen molar-refractivity contribution in [2.75, 3.05) is 6.54 Å². The van der Waals surface area contributed by atoms with Gasteiger partial charge in [0.15, 0.2) is 0 Å². The minimum Gasteiger partial charge on any atom is -0.306 e. The molecule has 5 nitrogen and oxygen atoms in total. The van der Waals surface area contributed by atoms with Crippen LogP contribution in [0.2, 0.25) is 0 Å². The first kappa shape index (κ1) is 11.5. The second-order valence-corrected chi connectivity index (χ2v) is 5.95. The van der Waals surface area contributed by atoms with Crippen LogP contribution < -0.4 is 10.0 Å². The lowest BCUT2D eigenvalue weighted by Gasteiger charge is -2.13. The third-order valence-electron chi connectivity index (χ3n) is 2.24. The van der Waals surface area contributed by atoms with E-state index in [0.29, 0.717) is 6.42 Å². The molecular formula is C8H16N2O3S. The van der Waals surface area contributed by atoms with Crippen molar-refractivity contribution in [2.24, 2.45) is 0 Å². The van der Waals surface area contributed by atoms with Gasteiger partial charge < -0.3 is 5.32 Å². The summed E-state index contributed by atoms with van der Waals surface area (Å²) in [5.41, 5.74) is 0. The molecule has 0 aromatic carbocycles. The Morgan fingerprint density at radius 3 is 2.57 bits per heavy atom. The van der Waals surface area contributed by atoms with Crippen molar-refractivity contribution in [2.45, 2.75) is 38.0 Å². The van der Waals surface area contributed by atoms with E-state index in [9.17, 15) is 13.2 Å². The summed E-state index contributed by atoms with van der Waals surface area (Å²) in [4.78, 5) is 11.4. The fourth-order valence-electron chi connectivity index (χ4n) is 1.24. The molecule has 0 spiro atoms. The summed E-state index contributed by atoms with van der Waals surface area (Å²) in [6, 6.07) is -0.344. The van der Waals surface area contributed by atoms with E-state index in [2.05, 4.69) is 10.0 Å². The molecule has 0 unspecified atom stereocenters. The number of carbonyl (C=O) groups is 1. The smallest absolute Gasteiger partial charge is 0.250 e. The van der Waals surface area contributed by atoms with Crippen molar-refractivity contribution < 1.29 is 13.2 Å². The zero-order chi connectivity index (χ0) is 10.8. The predicted molar refractivity (Wildman–Crippen MR) is 53.2 cm³/mol. The summed E-state index contributed by atoms with van der Waals surface area (Å²) in [5, 5.41) is 2.37.